The number of nitrogens with one attached hydrogen (secondary N) is 2. The lowest BCUT2D eigenvalue weighted by Crippen LogP contribution is -2.40. The van der Waals surface area contributed by atoms with Gasteiger partial charge in [0.15, 0.2) is 0 Å². The minimum atomic E-state index is -0.390. The summed E-state index contributed by atoms with van der Waals surface area (Å²) in [7, 11) is 0. The molecular weight excluding hydrogens is 236 g/mol. The molecule has 0 spiro atoms. The molecule has 0 aliphatic heterocycles. The van der Waals surface area contributed by atoms with Gasteiger partial charge in [0.25, 0.3) is 0 Å². The third-order valence-corrected chi connectivity index (χ3v) is 3.53. The van der Waals surface area contributed by atoms with E-state index in [0.717, 1.165) is 19.4 Å². The number of hydrazine groups is 1. The fraction of sp³-hybridized carbons (Fsp3) is 1.00. The molecule has 1 atom stereocenters. The first-order chi connectivity index (χ1) is 9.31. The van der Waals surface area contributed by atoms with Crippen LogP contribution in [0.1, 0.15) is 90.9 Å². The summed E-state index contributed by atoms with van der Waals surface area (Å²) in [5.74, 6) is 0. The fourth-order valence-corrected chi connectivity index (χ4v) is 2.29. The molecule has 116 valence electrons. The molecule has 0 aliphatic rings. The van der Waals surface area contributed by atoms with Gasteiger partial charge in [-0.15, -0.1) is 0 Å². The summed E-state index contributed by atoms with van der Waals surface area (Å²) in [5.41, 5.74) is 5.81. The molecule has 1 unspecified atom stereocenters. The van der Waals surface area contributed by atoms with Crippen molar-refractivity contribution in [2.45, 2.75) is 97.1 Å². The molecule has 0 aromatic rings. The lowest BCUT2D eigenvalue weighted by molar-refractivity contribution is 0.108. The zero-order valence-electron chi connectivity index (χ0n) is 13.2. The van der Waals surface area contributed by atoms with E-state index in [1.165, 1.54) is 64.2 Å². The van der Waals surface area contributed by atoms with Crippen molar-refractivity contribution in [2.75, 3.05) is 6.54 Å². The second-order valence-corrected chi connectivity index (χ2v) is 5.51. The molecule has 0 aromatic heterocycles. The summed E-state index contributed by atoms with van der Waals surface area (Å²) in [4.78, 5) is 0. The summed E-state index contributed by atoms with van der Waals surface area (Å²) in [6.07, 6.45) is 15.3. The number of aliphatic hydroxyl groups excluding tert-OH is 1. The van der Waals surface area contributed by atoms with Crippen LogP contribution in [0.5, 0.6) is 0 Å². The Morgan fingerprint density at radius 2 is 1.21 bits per heavy atom. The Morgan fingerprint density at radius 3 is 1.68 bits per heavy atom. The first kappa shape index (κ1) is 18.9. The van der Waals surface area contributed by atoms with Crippen LogP contribution in [-0.2, 0) is 0 Å². The lowest BCUT2D eigenvalue weighted by atomic mass is 10.1. The van der Waals surface area contributed by atoms with Crippen molar-refractivity contribution >= 4 is 0 Å². The van der Waals surface area contributed by atoms with E-state index in [0.29, 0.717) is 0 Å². The Balaban J connectivity index is 3.02. The van der Waals surface area contributed by atoms with Gasteiger partial charge in [-0.3, -0.25) is 5.43 Å². The number of hydrogen-bond acceptors (Lipinski definition) is 3. The molecule has 0 heterocycles. The summed E-state index contributed by atoms with van der Waals surface area (Å²) in [6.45, 7) is 5.13. The van der Waals surface area contributed by atoms with Crippen LogP contribution in [0.3, 0.4) is 0 Å². The van der Waals surface area contributed by atoms with Crippen LogP contribution in [0.2, 0.25) is 0 Å². The molecular formula is C16H36N2O. The highest BCUT2D eigenvalue weighted by Crippen LogP contribution is 2.12. The van der Waals surface area contributed by atoms with Crippen LogP contribution < -0.4 is 10.9 Å². The van der Waals surface area contributed by atoms with Gasteiger partial charge >= 0.3 is 0 Å². The monoisotopic (exact) mass is 272 g/mol. The standard InChI is InChI=1S/C16H36N2O/c1-3-5-6-7-8-9-10-11-12-13-14-15-16(19)18-17-4-2/h16-19H,3-15H2,1-2H3. The van der Waals surface area contributed by atoms with Crippen LogP contribution in [0.15, 0.2) is 0 Å². The summed E-state index contributed by atoms with van der Waals surface area (Å²) >= 11 is 0. The van der Waals surface area contributed by atoms with Gasteiger partial charge in [0.05, 0.1) is 0 Å². The number of rotatable bonds is 15. The number of aliphatic hydroxyl groups is 1. The maximum absolute atomic E-state index is 9.55. The van der Waals surface area contributed by atoms with Crippen molar-refractivity contribution < 1.29 is 5.11 Å². The SMILES string of the molecule is CCCCCCCCCCCCCC(O)NNCC. The van der Waals surface area contributed by atoms with Gasteiger partial charge < -0.3 is 5.11 Å². The second-order valence-electron chi connectivity index (χ2n) is 5.51. The molecule has 3 nitrogen and oxygen atoms in total. The molecule has 0 fully saturated rings. The zero-order valence-corrected chi connectivity index (χ0v) is 13.2. The first-order valence-corrected chi connectivity index (χ1v) is 8.47. The molecule has 0 saturated heterocycles. The van der Waals surface area contributed by atoms with E-state index in [-0.39, 0.29) is 0 Å². The van der Waals surface area contributed by atoms with E-state index in [1.54, 1.807) is 0 Å². The van der Waals surface area contributed by atoms with E-state index in [1.807, 2.05) is 6.92 Å². The van der Waals surface area contributed by atoms with Crippen molar-refractivity contribution in [3.8, 4) is 0 Å². The van der Waals surface area contributed by atoms with E-state index in [4.69, 9.17) is 0 Å². The van der Waals surface area contributed by atoms with Gasteiger partial charge in [-0.2, -0.15) is 0 Å². The maximum atomic E-state index is 9.55. The Hall–Kier alpha value is -0.120. The zero-order chi connectivity index (χ0) is 14.2. The van der Waals surface area contributed by atoms with Crippen LogP contribution >= 0.6 is 0 Å². The quantitative estimate of drug-likeness (QED) is 0.239. The predicted octanol–water partition coefficient (Wildman–Crippen LogP) is 4.12. The Kier molecular flexibility index (Phi) is 15.8. The van der Waals surface area contributed by atoms with Crippen LogP contribution in [-0.4, -0.2) is 17.9 Å². The van der Waals surface area contributed by atoms with Crippen molar-refractivity contribution in [1.82, 2.24) is 10.9 Å². The minimum Gasteiger partial charge on any atom is -0.377 e. The molecule has 3 N–H and O–H groups in total. The average molecular weight is 272 g/mol. The Bertz CT molecular complexity index is 165. The summed E-state index contributed by atoms with van der Waals surface area (Å²) < 4.78 is 0. The fourth-order valence-electron chi connectivity index (χ4n) is 2.29. The Morgan fingerprint density at radius 1 is 0.737 bits per heavy atom. The van der Waals surface area contributed by atoms with Crippen molar-refractivity contribution in [3.63, 3.8) is 0 Å². The summed E-state index contributed by atoms with van der Waals surface area (Å²) in [6, 6.07) is 0. The molecule has 3 heteroatoms. The van der Waals surface area contributed by atoms with Gasteiger partial charge in [-0.25, -0.2) is 5.43 Å². The smallest absolute Gasteiger partial charge is 0.117 e. The molecule has 0 radical (unpaired) electrons. The third-order valence-electron chi connectivity index (χ3n) is 3.53. The molecule has 0 saturated carbocycles. The molecule has 0 aliphatic carbocycles. The summed E-state index contributed by atoms with van der Waals surface area (Å²) in [5, 5.41) is 9.55. The topological polar surface area (TPSA) is 44.3 Å². The molecule has 0 bridgehead atoms. The van der Waals surface area contributed by atoms with Crippen molar-refractivity contribution in [1.29, 1.82) is 0 Å². The predicted molar refractivity (Wildman–Crippen MR) is 83.9 cm³/mol. The normalized spacial score (nSPS) is 12.8. The third kappa shape index (κ3) is 15.8. The van der Waals surface area contributed by atoms with Crippen molar-refractivity contribution in [3.05, 3.63) is 0 Å². The van der Waals surface area contributed by atoms with E-state index in [9.17, 15) is 5.11 Å². The molecule has 19 heavy (non-hydrogen) atoms. The molecule has 0 rings (SSSR count). The first-order valence-electron chi connectivity index (χ1n) is 8.47. The van der Waals surface area contributed by atoms with Gasteiger partial charge in [0.2, 0.25) is 0 Å². The average Bonchev–Trinajstić information content (AvgIpc) is 2.42. The number of unbranched alkanes of at least 4 members (excludes halogenated alkanes) is 10. The largest absolute Gasteiger partial charge is 0.377 e. The van der Waals surface area contributed by atoms with E-state index < -0.39 is 6.23 Å². The van der Waals surface area contributed by atoms with Crippen LogP contribution in [0.4, 0.5) is 0 Å². The van der Waals surface area contributed by atoms with Crippen LogP contribution in [0.25, 0.3) is 0 Å². The van der Waals surface area contributed by atoms with E-state index >= 15 is 0 Å². The van der Waals surface area contributed by atoms with Crippen molar-refractivity contribution in [2.24, 2.45) is 0 Å². The van der Waals surface area contributed by atoms with Gasteiger partial charge in [0.1, 0.15) is 6.23 Å². The maximum Gasteiger partial charge on any atom is 0.117 e. The highest BCUT2D eigenvalue weighted by Gasteiger charge is 2.00. The molecule has 0 aromatic carbocycles. The lowest BCUT2D eigenvalue weighted by Gasteiger charge is -2.12. The minimum absolute atomic E-state index is 0.390. The van der Waals surface area contributed by atoms with E-state index in [2.05, 4.69) is 17.8 Å². The van der Waals surface area contributed by atoms with Crippen LogP contribution in [0, 0.1) is 0 Å². The Labute approximate surface area is 120 Å². The van der Waals surface area contributed by atoms with Gasteiger partial charge in [-0.05, 0) is 12.8 Å². The highest BCUT2D eigenvalue weighted by molar-refractivity contribution is 4.52. The second kappa shape index (κ2) is 15.9. The highest BCUT2D eigenvalue weighted by atomic mass is 16.3. The van der Waals surface area contributed by atoms with Gasteiger partial charge in [-0.1, -0.05) is 78.1 Å². The van der Waals surface area contributed by atoms with Gasteiger partial charge in [0, 0.05) is 6.54 Å². The number of hydrogen-bond donors (Lipinski definition) is 3. The molecule has 0 amide bonds.